The van der Waals surface area contributed by atoms with Crippen molar-refractivity contribution >= 4 is 18.1 Å². The molecule has 134 valence electrons. The van der Waals surface area contributed by atoms with Crippen molar-refractivity contribution in [2.75, 3.05) is 13.1 Å². The fourth-order valence-corrected chi connectivity index (χ4v) is 3.26. The molecule has 2 atom stereocenters. The third kappa shape index (κ3) is 5.03. The SMILES string of the molecule is Cc1cc(Cl)cc(-c2cccc(C3(C)CNCC(N)O3)c2)c1.O=CO. The molecule has 1 aliphatic rings. The summed E-state index contributed by atoms with van der Waals surface area (Å²) >= 11 is 6.18. The molecular formula is C19H23ClN2O3. The van der Waals surface area contributed by atoms with Gasteiger partial charge in [-0.1, -0.05) is 35.9 Å². The van der Waals surface area contributed by atoms with Crippen LogP contribution in [0.2, 0.25) is 5.02 Å². The lowest BCUT2D eigenvalue weighted by atomic mass is 9.91. The quantitative estimate of drug-likeness (QED) is 0.715. The number of carbonyl (C=O) groups is 1. The Morgan fingerprint density at radius 2 is 2.04 bits per heavy atom. The van der Waals surface area contributed by atoms with E-state index in [9.17, 15) is 0 Å². The van der Waals surface area contributed by atoms with E-state index in [1.807, 2.05) is 19.1 Å². The highest BCUT2D eigenvalue weighted by Gasteiger charge is 2.33. The van der Waals surface area contributed by atoms with Crippen LogP contribution in [0.25, 0.3) is 11.1 Å². The first-order chi connectivity index (χ1) is 11.9. The van der Waals surface area contributed by atoms with Crippen molar-refractivity contribution in [2.45, 2.75) is 25.7 Å². The normalized spacial score (nSPS) is 22.6. The molecule has 5 nitrogen and oxygen atoms in total. The molecule has 0 spiro atoms. The molecule has 2 aromatic carbocycles. The summed E-state index contributed by atoms with van der Waals surface area (Å²) in [5, 5.41) is 11.0. The van der Waals surface area contributed by atoms with Gasteiger partial charge in [-0.2, -0.15) is 0 Å². The van der Waals surface area contributed by atoms with E-state index in [-0.39, 0.29) is 12.7 Å². The molecule has 0 saturated carbocycles. The molecule has 6 heteroatoms. The second-order valence-corrected chi connectivity index (χ2v) is 6.66. The zero-order valence-electron chi connectivity index (χ0n) is 14.3. The average molecular weight is 363 g/mol. The summed E-state index contributed by atoms with van der Waals surface area (Å²) in [5.74, 6) is 0. The van der Waals surface area contributed by atoms with E-state index in [1.54, 1.807) is 0 Å². The maximum Gasteiger partial charge on any atom is 0.290 e. The highest BCUT2D eigenvalue weighted by atomic mass is 35.5. The highest BCUT2D eigenvalue weighted by Crippen LogP contribution is 2.32. The zero-order chi connectivity index (χ0) is 18.4. The second kappa shape index (κ2) is 8.45. The van der Waals surface area contributed by atoms with Crippen molar-refractivity contribution in [3.63, 3.8) is 0 Å². The first kappa shape index (κ1) is 19.4. The molecule has 1 heterocycles. The van der Waals surface area contributed by atoms with Crippen LogP contribution in [0, 0.1) is 6.92 Å². The van der Waals surface area contributed by atoms with E-state index < -0.39 is 5.60 Å². The number of ether oxygens (including phenoxy) is 1. The molecule has 1 aliphatic heterocycles. The summed E-state index contributed by atoms with van der Waals surface area (Å²) < 4.78 is 5.99. The maximum absolute atomic E-state index is 8.36. The Kier molecular flexibility index (Phi) is 6.56. The van der Waals surface area contributed by atoms with Gasteiger partial charge in [0.25, 0.3) is 6.47 Å². The third-order valence-electron chi connectivity index (χ3n) is 4.07. The van der Waals surface area contributed by atoms with Crippen molar-refractivity contribution in [1.82, 2.24) is 5.32 Å². The van der Waals surface area contributed by atoms with Gasteiger partial charge in [-0.3, -0.25) is 4.79 Å². The predicted molar refractivity (Wildman–Crippen MR) is 99.6 cm³/mol. The van der Waals surface area contributed by atoms with Crippen molar-refractivity contribution in [1.29, 1.82) is 0 Å². The van der Waals surface area contributed by atoms with Gasteiger partial charge in [0.2, 0.25) is 0 Å². The molecule has 4 N–H and O–H groups in total. The van der Waals surface area contributed by atoms with Gasteiger partial charge in [0, 0.05) is 18.1 Å². The van der Waals surface area contributed by atoms with Crippen LogP contribution in [0.4, 0.5) is 0 Å². The Labute approximate surface area is 152 Å². The van der Waals surface area contributed by atoms with Gasteiger partial charge in [0.15, 0.2) is 0 Å². The van der Waals surface area contributed by atoms with Crippen LogP contribution in [0.5, 0.6) is 0 Å². The van der Waals surface area contributed by atoms with Gasteiger partial charge in [-0.05, 0) is 54.3 Å². The van der Waals surface area contributed by atoms with Gasteiger partial charge < -0.3 is 20.9 Å². The van der Waals surface area contributed by atoms with Crippen molar-refractivity contribution < 1.29 is 14.6 Å². The standard InChI is InChI=1S/C18H21ClN2O.CH2O2/c1-12-6-14(9-16(19)7-12)13-4-3-5-15(8-13)18(2)11-21-10-17(20)22-18;2-1-3/h3-9,17,21H,10-11,20H2,1-2H3;1H,(H,2,3). The summed E-state index contributed by atoms with van der Waals surface area (Å²) in [5.41, 5.74) is 10.0. The molecule has 3 rings (SSSR count). The van der Waals surface area contributed by atoms with Crippen LogP contribution in [-0.4, -0.2) is 30.9 Å². The lowest BCUT2D eigenvalue weighted by Crippen LogP contribution is -2.53. The van der Waals surface area contributed by atoms with Crippen LogP contribution >= 0.6 is 11.6 Å². The van der Waals surface area contributed by atoms with Gasteiger partial charge in [-0.15, -0.1) is 0 Å². The Hall–Kier alpha value is -1.92. The zero-order valence-corrected chi connectivity index (χ0v) is 15.1. The second-order valence-electron chi connectivity index (χ2n) is 6.22. The van der Waals surface area contributed by atoms with Crippen LogP contribution in [0.1, 0.15) is 18.1 Å². The Bertz CT molecular complexity index is 718. The first-order valence-corrected chi connectivity index (χ1v) is 8.36. The van der Waals surface area contributed by atoms with Gasteiger partial charge in [-0.25, -0.2) is 0 Å². The van der Waals surface area contributed by atoms with Crippen LogP contribution < -0.4 is 11.1 Å². The van der Waals surface area contributed by atoms with Crippen molar-refractivity contribution in [2.24, 2.45) is 5.73 Å². The Balaban J connectivity index is 0.000000701. The van der Waals surface area contributed by atoms with Crippen LogP contribution in [0.15, 0.2) is 42.5 Å². The Morgan fingerprint density at radius 1 is 1.32 bits per heavy atom. The minimum Gasteiger partial charge on any atom is -0.483 e. The van der Waals surface area contributed by atoms with Gasteiger partial charge in [0.05, 0.1) is 0 Å². The number of rotatable bonds is 2. The molecule has 2 unspecified atom stereocenters. The van der Waals surface area contributed by atoms with Crippen LogP contribution in [0.3, 0.4) is 0 Å². The number of benzene rings is 2. The third-order valence-corrected chi connectivity index (χ3v) is 4.29. The number of hydrogen-bond acceptors (Lipinski definition) is 4. The molecule has 0 amide bonds. The largest absolute Gasteiger partial charge is 0.483 e. The van der Waals surface area contributed by atoms with E-state index in [1.165, 1.54) is 0 Å². The molecule has 0 aliphatic carbocycles. The Morgan fingerprint density at radius 3 is 2.68 bits per heavy atom. The van der Waals surface area contributed by atoms with E-state index in [0.717, 1.165) is 33.8 Å². The summed E-state index contributed by atoms with van der Waals surface area (Å²) in [6, 6.07) is 14.5. The fraction of sp³-hybridized carbons (Fsp3) is 0.316. The van der Waals surface area contributed by atoms with E-state index in [4.69, 9.17) is 32.0 Å². The number of nitrogens with two attached hydrogens (primary N) is 1. The van der Waals surface area contributed by atoms with Gasteiger partial charge in [0.1, 0.15) is 11.8 Å². The number of carboxylic acid groups (broad SMARTS) is 1. The molecule has 0 radical (unpaired) electrons. The van der Waals surface area contributed by atoms with Crippen molar-refractivity contribution in [3.8, 4) is 11.1 Å². The molecule has 1 fully saturated rings. The molecule has 1 saturated heterocycles. The first-order valence-electron chi connectivity index (χ1n) is 7.98. The summed E-state index contributed by atoms with van der Waals surface area (Å²) in [6.07, 6.45) is -0.282. The predicted octanol–water partition coefficient (Wildman–Crippen LogP) is 3.14. The number of morpholine rings is 1. The van der Waals surface area contributed by atoms with Gasteiger partial charge >= 0.3 is 0 Å². The lowest BCUT2D eigenvalue weighted by Gasteiger charge is -2.38. The van der Waals surface area contributed by atoms with E-state index in [2.05, 4.69) is 42.6 Å². The minimum absolute atomic E-state index is 0.250. The summed E-state index contributed by atoms with van der Waals surface area (Å²) in [4.78, 5) is 8.36. The molecule has 25 heavy (non-hydrogen) atoms. The maximum atomic E-state index is 8.36. The number of aryl methyl sites for hydroxylation is 1. The summed E-state index contributed by atoms with van der Waals surface area (Å²) in [7, 11) is 0. The molecule has 2 aromatic rings. The monoisotopic (exact) mass is 362 g/mol. The summed E-state index contributed by atoms with van der Waals surface area (Å²) in [6.45, 7) is 5.30. The highest BCUT2D eigenvalue weighted by molar-refractivity contribution is 6.30. The molecule has 0 bridgehead atoms. The van der Waals surface area contributed by atoms with E-state index in [0.29, 0.717) is 6.54 Å². The number of halogens is 1. The fourth-order valence-electron chi connectivity index (χ4n) is 2.97. The molecule has 0 aromatic heterocycles. The molecular weight excluding hydrogens is 340 g/mol. The topological polar surface area (TPSA) is 84.6 Å². The average Bonchev–Trinajstić information content (AvgIpc) is 2.55. The number of hydrogen-bond donors (Lipinski definition) is 3. The number of nitrogens with one attached hydrogen (secondary N) is 1. The smallest absolute Gasteiger partial charge is 0.290 e. The van der Waals surface area contributed by atoms with E-state index >= 15 is 0 Å². The van der Waals surface area contributed by atoms with Crippen LogP contribution in [-0.2, 0) is 15.1 Å². The lowest BCUT2D eigenvalue weighted by molar-refractivity contribution is -0.122. The minimum atomic E-state index is -0.415. The van der Waals surface area contributed by atoms with Crippen molar-refractivity contribution in [3.05, 3.63) is 58.6 Å².